The molecule has 6 nitrogen and oxygen atoms in total. The second kappa shape index (κ2) is 7.21. The highest BCUT2D eigenvalue weighted by molar-refractivity contribution is 7.18. The summed E-state index contributed by atoms with van der Waals surface area (Å²) in [7, 11) is 0. The summed E-state index contributed by atoms with van der Waals surface area (Å²) in [5.41, 5.74) is 6.17. The minimum atomic E-state index is 0.543. The van der Waals surface area contributed by atoms with Gasteiger partial charge in [-0.25, -0.2) is 14.5 Å². The third-order valence-electron chi connectivity index (χ3n) is 5.62. The van der Waals surface area contributed by atoms with Crippen LogP contribution < -0.4 is 5.32 Å². The largest absolute Gasteiger partial charge is 0.317 e. The minimum absolute atomic E-state index is 0.543. The number of rotatable bonds is 3. The van der Waals surface area contributed by atoms with E-state index >= 15 is 0 Å². The molecular formula is C22H22N6S. The molecule has 1 N–H and O–H groups in total. The van der Waals surface area contributed by atoms with Crippen LogP contribution in [0.1, 0.15) is 47.5 Å². The number of fused-ring (bicyclic) bond motifs is 2. The molecule has 146 valence electrons. The van der Waals surface area contributed by atoms with Gasteiger partial charge in [0.2, 0.25) is 0 Å². The summed E-state index contributed by atoms with van der Waals surface area (Å²) in [6.45, 7) is 6.21. The third kappa shape index (κ3) is 3.18. The van der Waals surface area contributed by atoms with E-state index in [-0.39, 0.29) is 0 Å². The zero-order valence-corrected chi connectivity index (χ0v) is 17.4. The number of aryl methyl sites for hydroxylation is 2. The molecule has 0 bridgehead atoms. The van der Waals surface area contributed by atoms with Crippen LogP contribution in [0.25, 0.3) is 27.1 Å². The summed E-state index contributed by atoms with van der Waals surface area (Å²) in [6.07, 6.45) is 5.08. The Labute approximate surface area is 173 Å². The lowest BCUT2D eigenvalue weighted by atomic mass is 9.99. The summed E-state index contributed by atoms with van der Waals surface area (Å²) >= 11 is 1.81. The molecular weight excluding hydrogens is 380 g/mol. The van der Waals surface area contributed by atoms with E-state index in [0.29, 0.717) is 17.1 Å². The molecule has 0 saturated carbocycles. The molecule has 7 heteroatoms. The zero-order chi connectivity index (χ0) is 20.0. The SMILES string of the molecule is CCc1cc(-c2cc(C#N)c3nc(C)cn3n2)cc2sc(C3CCNCC3)nc12. The van der Waals surface area contributed by atoms with Crippen LogP contribution in [0.15, 0.2) is 24.4 Å². The lowest BCUT2D eigenvalue weighted by Crippen LogP contribution is -2.26. The molecule has 29 heavy (non-hydrogen) atoms. The van der Waals surface area contributed by atoms with E-state index in [2.05, 4.69) is 35.4 Å². The van der Waals surface area contributed by atoms with Crippen LogP contribution in [0.3, 0.4) is 0 Å². The van der Waals surface area contributed by atoms with Crippen molar-refractivity contribution in [2.45, 2.75) is 39.0 Å². The van der Waals surface area contributed by atoms with Gasteiger partial charge in [-0.2, -0.15) is 10.4 Å². The molecule has 3 aromatic heterocycles. The number of hydrogen-bond acceptors (Lipinski definition) is 6. The highest BCUT2D eigenvalue weighted by Crippen LogP contribution is 2.36. The molecule has 0 spiro atoms. The number of nitrogens with one attached hydrogen (secondary N) is 1. The summed E-state index contributed by atoms with van der Waals surface area (Å²) < 4.78 is 2.92. The summed E-state index contributed by atoms with van der Waals surface area (Å²) in [5.74, 6) is 0.551. The Bertz CT molecular complexity index is 1260. The Kier molecular flexibility index (Phi) is 4.53. The molecule has 1 aromatic carbocycles. The van der Waals surface area contributed by atoms with Crippen LogP contribution >= 0.6 is 11.3 Å². The second-order valence-corrected chi connectivity index (χ2v) is 8.68. The molecule has 0 atom stereocenters. The van der Waals surface area contributed by atoms with E-state index in [9.17, 15) is 5.26 Å². The summed E-state index contributed by atoms with van der Waals surface area (Å²) in [4.78, 5) is 9.45. The Balaban J connectivity index is 1.65. The Hall–Kier alpha value is -2.82. The number of imidazole rings is 1. The first-order chi connectivity index (χ1) is 14.2. The van der Waals surface area contributed by atoms with Crippen LogP contribution in [0.5, 0.6) is 0 Å². The first-order valence-corrected chi connectivity index (χ1v) is 10.9. The first-order valence-electron chi connectivity index (χ1n) is 10.1. The van der Waals surface area contributed by atoms with Gasteiger partial charge in [0.1, 0.15) is 6.07 Å². The van der Waals surface area contributed by atoms with Crippen molar-refractivity contribution in [2.75, 3.05) is 13.1 Å². The molecule has 0 amide bonds. The van der Waals surface area contributed by atoms with Crippen molar-refractivity contribution in [2.24, 2.45) is 0 Å². The van der Waals surface area contributed by atoms with E-state index in [0.717, 1.165) is 54.8 Å². The van der Waals surface area contributed by atoms with Crippen molar-refractivity contribution in [1.82, 2.24) is 24.9 Å². The fraction of sp³-hybridized carbons (Fsp3) is 0.364. The van der Waals surface area contributed by atoms with Gasteiger partial charge in [0.25, 0.3) is 0 Å². The molecule has 1 saturated heterocycles. The van der Waals surface area contributed by atoms with Crippen LogP contribution in [0, 0.1) is 18.3 Å². The first kappa shape index (κ1) is 18.2. The quantitative estimate of drug-likeness (QED) is 0.555. The second-order valence-electron chi connectivity index (χ2n) is 7.62. The number of benzene rings is 1. The van der Waals surface area contributed by atoms with Crippen molar-refractivity contribution in [3.05, 3.63) is 46.2 Å². The van der Waals surface area contributed by atoms with Gasteiger partial charge in [-0.1, -0.05) is 6.92 Å². The topological polar surface area (TPSA) is 78.9 Å². The van der Waals surface area contributed by atoms with Crippen molar-refractivity contribution < 1.29 is 0 Å². The van der Waals surface area contributed by atoms with E-state index in [1.807, 2.05) is 30.5 Å². The normalized spacial score (nSPS) is 15.2. The maximum atomic E-state index is 9.59. The lowest BCUT2D eigenvalue weighted by molar-refractivity contribution is 0.459. The maximum Gasteiger partial charge on any atom is 0.171 e. The molecule has 5 rings (SSSR count). The predicted molar refractivity (Wildman–Crippen MR) is 115 cm³/mol. The average Bonchev–Trinajstić information content (AvgIpc) is 3.35. The highest BCUT2D eigenvalue weighted by Gasteiger charge is 2.21. The van der Waals surface area contributed by atoms with Gasteiger partial charge in [-0.3, -0.25) is 0 Å². The number of piperidine rings is 1. The van der Waals surface area contributed by atoms with Gasteiger partial charge in [0.05, 0.1) is 38.4 Å². The van der Waals surface area contributed by atoms with E-state index in [1.165, 1.54) is 15.3 Å². The average molecular weight is 403 g/mol. The Morgan fingerprint density at radius 2 is 2.07 bits per heavy atom. The van der Waals surface area contributed by atoms with Crippen molar-refractivity contribution in [3.63, 3.8) is 0 Å². The fourth-order valence-corrected chi connectivity index (χ4v) is 5.32. The standard InChI is InChI=1S/C22H22N6S/c1-3-14-8-16(18-9-17(11-23)21-25-13(2)12-28(21)27-18)10-19-20(14)26-22(29-19)15-4-6-24-7-5-15/h8-10,12,15,24H,3-7H2,1-2H3. The maximum absolute atomic E-state index is 9.59. The molecule has 1 aliphatic rings. The molecule has 0 unspecified atom stereocenters. The summed E-state index contributed by atoms with van der Waals surface area (Å²) in [6, 6.07) is 8.46. The van der Waals surface area contributed by atoms with Crippen LogP contribution in [-0.2, 0) is 6.42 Å². The molecule has 0 aliphatic carbocycles. The van der Waals surface area contributed by atoms with Gasteiger partial charge < -0.3 is 5.32 Å². The van der Waals surface area contributed by atoms with Gasteiger partial charge in [0, 0.05) is 11.5 Å². The predicted octanol–water partition coefficient (Wildman–Crippen LogP) is 4.22. The number of nitrogens with zero attached hydrogens (tertiary/aromatic N) is 5. The lowest BCUT2D eigenvalue weighted by Gasteiger charge is -2.20. The molecule has 0 radical (unpaired) electrons. The van der Waals surface area contributed by atoms with Crippen molar-refractivity contribution >= 4 is 27.2 Å². The van der Waals surface area contributed by atoms with Gasteiger partial charge >= 0.3 is 0 Å². The summed E-state index contributed by atoms with van der Waals surface area (Å²) in [5, 5.41) is 19.0. The number of thiazole rings is 1. The minimum Gasteiger partial charge on any atom is -0.317 e. The highest BCUT2D eigenvalue weighted by atomic mass is 32.1. The van der Waals surface area contributed by atoms with E-state index < -0.39 is 0 Å². The fourth-order valence-electron chi connectivity index (χ4n) is 4.09. The van der Waals surface area contributed by atoms with Crippen LogP contribution in [-0.4, -0.2) is 32.7 Å². The van der Waals surface area contributed by atoms with Crippen molar-refractivity contribution in [3.8, 4) is 17.3 Å². The van der Waals surface area contributed by atoms with Gasteiger partial charge in [0.15, 0.2) is 5.65 Å². The molecule has 1 fully saturated rings. The van der Waals surface area contributed by atoms with E-state index in [1.54, 1.807) is 4.52 Å². The number of aromatic nitrogens is 4. The molecule has 1 aliphatic heterocycles. The zero-order valence-electron chi connectivity index (χ0n) is 16.6. The third-order valence-corrected chi connectivity index (χ3v) is 6.79. The monoisotopic (exact) mass is 402 g/mol. The number of nitriles is 1. The van der Waals surface area contributed by atoms with Crippen LogP contribution in [0.2, 0.25) is 0 Å². The Morgan fingerprint density at radius 1 is 1.24 bits per heavy atom. The molecule has 4 aromatic rings. The van der Waals surface area contributed by atoms with Crippen LogP contribution in [0.4, 0.5) is 0 Å². The van der Waals surface area contributed by atoms with Crippen molar-refractivity contribution in [1.29, 1.82) is 5.26 Å². The Morgan fingerprint density at radius 3 is 2.83 bits per heavy atom. The number of hydrogen-bond donors (Lipinski definition) is 1. The van der Waals surface area contributed by atoms with Gasteiger partial charge in [-0.15, -0.1) is 11.3 Å². The van der Waals surface area contributed by atoms with Gasteiger partial charge in [-0.05, 0) is 63.0 Å². The smallest absolute Gasteiger partial charge is 0.171 e. The molecule has 4 heterocycles. The van der Waals surface area contributed by atoms with E-state index in [4.69, 9.17) is 10.1 Å².